The van der Waals surface area contributed by atoms with Crippen molar-refractivity contribution in [3.05, 3.63) is 64.7 Å². The third kappa shape index (κ3) is 4.48. The Labute approximate surface area is 132 Å². The molecule has 0 radical (unpaired) electrons. The average Bonchev–Trinajstić information content (AvgIpc) is 2.50. The van der Waals surface area contributed by atoms with Crippen LogP contribution in [0.25, 0.3) is 0 Å². The fraction of sp³-hybridized carbons (Fsp3) is 0.333. The molecule has 2 rings (SSSR count). The summed E-state index contributed by atoms with van der Waals surface area (Å²) < 4.78 is 0. The second-order valence-corrected chi connectivity index (χ2v) is 5.92. The van der Waals surface area contributed by atoms with Gasteiger partial charge in [0.2, 0.25) is 0 Å². The zero-order valence-electron chi connectivity index (χ0n) is 12.7. The topological polar surface area (TPSA) is 29.3 Å². The van der Waals surface area contributed by atoms with Crippen LogP contribution in [0.2, 0.25) is 5.02 Å². The Bertz CT molecular complexity index is 566. The van der Waals surface area contributed by atoms with Crippen LogP contribution in [0, 0.1) is 0 Å². The van der Waals surface area contributed by atoms with Crippen molar-refractivity contribution in [1.82, 2.24) is 0 Å². The Hall–Kier alpha value is -1.51. The zero-order valence-corrected chi connectivity index (χ0v) is 13.5. The van der Waals surface area contributed by atoms with Crippen LogP contribution in [0.5, 0.6) is 0 Å². The monoisotopic (exact) mass is 302 g/mol. The van der Waals surface area contributed by atoms with E-state index in [9.17, 15) is 0 Å². The van der Waals surface area contributed by atoms with Gasteiger partial charge >= 0.3 is 0 Å². The predicted octanol–water partition coefficient (Wildman–Crippen LogP) is 4.26. The lowest BCUT2D eigenvalue weighted by Crippen LogP contribution is -2.24. The molecule has 3 heteroatoms. The third-order valence-electron chi connectivity index (χ3n) is 3.74. The van der Waals surface area contributed by atoms with E-state index < -0.39 is 0 Å². The van der Waals surface area contributed by atoms with E-state index in [1.807, 2.05) is 12.1 Å². The zero-order chi connectivity index (χ0) is 15.2. The summed E-state index contributed by atoms with van der Waals surface area (Å²) in [5.41, 5.74) is 9.91. The summed E-state index contributed by atoms with van der Waals surface area (Å²) in [5.74, 6) is 0. The second-order valence-electron chi connectivity index (χ2n) is 5.48. The van der Waals surface area contributed by atoms with Gasteiger partial charge in [-0.1, -0.05) is 48.9 Å². The van der Waals surface area contributed by atoms with E-state index in [4.69, 9.17) is 17.3 Å². The Morgan fingerprint density at radius 3 is 2.43 bits per heavy atom. The van der Waals surface area contributed by atoms with Crippen molar-refractivity contribution < 1.29 is 0 Å². The number of nitrogens with two attached hydrogens (primary N) is 1. The molecule has 2 aromatic rings. The molecule has 0 aromatic heterocycles. The molecule has 0 spiro atoms. The van der Waals surface area contributed by atoms with Crippen LogP contribution in [0.1, 0.15) is 24.5 Å². The molecular formula is C18H23ClN2. The second kappa shape index (κ2) is 7.48. The molecule has 0 bridgehead atoms. The first kappa shape index (κ1) is 15.9. The Morgan fingerprint density at radius 2 is 1.76 bits per heavy atom. The van der Waals surface area contributed by atoms with Gasteiger partial charge in [-0.25, -0.2) is 0 Å². The van der Waals surface area contributed by atoms with Gasteiger partial charge in [0.15, 0.2) is 0 Å². The molecule has 21 heavy (non-hydrogen) atoms. The summed E-state index contributed by atoms with van der Waals surface area (Å²) in [6.07, 6.45) is 1.91. The van der Waals surface area contributed by atoms with E-state index in [-0.39, 0.29) is 6.04 Å². The van der Waals surface area contributed by atoms with Crippen LogP contribution >= 0.6 is 11.6 Å². The van der Waals surface area contributed by atoms with Crippen molar-refractivity contribution in [2.24, 2.45) is 5.73 Å². The van der Waals surface area contributed by atoms with E-state index in [0.29, 0.717) is 0 Å². The molecule has 0 heterocycles. The lowest BCUT2D eigenvalue weighted by atomic mass is 10.0. The average molecular weight is 303 g/mol. The van der Waals surface area contributed by atoms with Gasteiger partial charge in [0, 0.05) is 30.3 Å². The Morgan fingerprint density at radius 1 is 1.10 bits per heavy atom. The number of hydrogen-bond donors (Lipinski definition) is 1. The van der Waals surface area contributed by atoms with Gasteiger partial charge in [-0.3, -0.25) is 0 Å². The van der Waals surface area contributed by atoms with E-state index in [2.05, 4.69) is 55.3 Å². The highest BCUT2D eigenvalue weighted by molar-refractivity contribution is 6.30. The van der Waals surface area contributed by atoms with E-state index in [1.165, 1.54) is 16.8 Å². The van der Waals surface area contributed by atoms with Crippen LogP contribution in [-0.2, 0) is 13.0 Å². The maximum Gasteiger partial charge on any atom is 0.0426 e. The molecule has 112 valence electrons. The van der Waals surface area contributed by atoms with Crippen LogP contribution in [-0.4, -0.2) is 13.1 Å². The van der Waals surface area contributed by atoms with Crippen molar-refractivity contribution in [2.45, 2.75) is 32.4 Å². The molecule has 2 N–H and O–H groups in total. The lowest BCUT2D eigenvalue weighted by Gasteiger charge is -2.23. The van der Waals surface area contributed by atoms with Gasteiger partial charge in [0.25, 0.3) is 0 Å². The number of halogens is 1. The van der Waals surface area contributed by atoms with Crippen LogP contribution in [0.4, 0.5) is 5.69 Å². The molecule has 1 unspecified atom stereocenters. The predicted molar refractivity (Wildman–Crippen MR) is 92.0 cm³/mol. The highest BCUT2D eigenvalue weighted by atomic mass is 35.5. The standard InChI is InChI=1S/C18H23ClN2/c1-3-17(20)12-15-6-4-5-7-18(15)21(2)13-14-8-10-16(19)11-9-14/h4-11,17H,3,12-13,20H2,1-2H3. The molecule has 0 saturated heterocycles. The van der Waals surface area contributed by atoms with Crippen LogP contribution in [0.3, 0.4) is 0 Å². The molecule has 0 saturated carbocycles. The van der Waals surface area contributed by atoms with Crippen molar-refractivity contribution >= 4 is 17.3 Å². The van der Waals surface area contributed by atoms with Gasteiger partial charge in [-0.15, -0.1) is 0 Å². The summed E-state index contributed by atoms with van der Waals surface area (Å²) in [5, 5.41) is 0.774. The minimum Gasteiger partial charge on any atom is -0.370 e. The first-order chi connectivity index (χ1) is 10.1. The van der Waals surface area contributed by atoms with Gasteiger partial charge in [-0.05, 0) is 42.2 Å². The fourth-order valence-electron chi connectivity index (χ4n) is 2.43. The Kier molecular flexibility index (Phi) is 5.66. The minimum atomic E-state index is 0.218. The van der Waals surface area contributed by atoms with E-state index in [0.717, 1.165) is 24.4 Å². The van der Waals surface area contributed by atoms with Gasteiger partial charge < -0.3 is 10.6 Å². The van der Waals surface area contributed by atoms with E-state index in [1.54, 1.807) is 0 Å². The number of benzene rings is 2. The van der Waals surface area contributed by atoms with Gasteiger partial charge in [0.1, 0.15) is 0 Å². The number of nitrogens with zero attached hydrogens (tertiary/aromatic N) is 1. The van der Waals surface area contributed by atoms with Crippen molar-refractivity contribution in [3.63, 3.8) is 0 Å². The summed E-state index contributed by atoms with van der Waals surface area (Å²) in [6.45, 7) is 2.99. The molecule has 2 nitrogen and oxygen atoms in total. The quantitative estimate of drug-likeness (QED) is 0.864. The molecule has 2 aromatic carbocycles. The molecule has 0 aliphatic heterocycles. The minimum absolute atomic E-state index is 0.218. The van der Waals surface area contributed by atoms with Crippen molar-refractivity contribution in [2.75, 3.05) is 11.9 Å². The SMILES string of the molecule is CCC(N)Cc1ccccc1N(C)Cc1ccc(Cl)cc1. The first-order valence-electron chi connectivity index (χ1n) is 7.39. The number of anilines is 1. The molecule has 0 amide bonds. The number of rotatable bonds is 6. The normalized spacial score (nSPS) is 12.2. The summed E-state index contributed by atoms with van der Waals surface area (Å²) in [4.78, 5) is 2.26. The molecule has 1 atom stereocenters. The molecular weight excluding hydrogens is 280 g/mol. The maximum atomic E-state index is 6.11. The molecule has 0 aliphatic rings. The highest BCUT2D eigenvalue weighted by Crippen LogP contribution is 2.23. The highest BCUT2D eigenvalue weighted by Gasteiger charge is 2.10. The third-order valence-corrected chi connectivity index (χ3v) is 3.99. The van der Waals surface area contributed by atoms with Crippen molar-refractivity contribution in [3.8, 4) is 0 Å². The molecule has 0 fully saturated rings. The van der Waals surface area contributed by atoms with Gasteiger partial charge in [0.05, 0.1) is 0 Å². The van der Waals surface area contributed by atoms with E-state index >= 15 is 0 Å². The summed E-state index contributed by atoms with van der Waals surface area (Å²) in [6, 6.07) is 16.7. The largest absolute Gasteiger partial charge is 0.370 e. The smallest absolute Gasteiger partial charge is 0.0426 e. The first-order valence-corrected chi connectivity index (χ1v) is 7.77. The number of hydrogen-bond acceptors (Lipinski definition) is 2. The summed E-state index contributed by atoms with van der Waals surface area (Å²) >= 11 is 5.94. The Balaban J connectivity index is 2.14. The lowest BCUT2D eigenvalue weighted by molar-refractivity contribution is 0.645. The van der Waals surface area contributed by atoms with Crippen molar-refractivity contribution in [1.29, 1.82) is 0 Å². The fourth-order valence-corrected chi connectivity index (χ4v) is 2.56. The maximum absolute atomic E-state index is 6.11. The summed E-state index contributed by atoms with van der Waals surface area (Å²) in [7, 11) is 2.12. The van der Waals surface area contributed by atoms with Crippen LogP contribution < -0.4 is 10.6 Å². The molecule has 0 aliphatic carbocycles. The van der Waals surface area contributed by atoms with Crippen LogP contribution in [0.15, 0.2) is 48.5 Å². The number of para-hydroxylation sites is 1. The van der Waals surface area contributed by atoms with Gasteiger partial charge in [-0.2, -0.15) is 0 Å².